The van der Waals surface area contributed by atoms with Gasteiger partial charge in [0.15, 0.2) is 13.2 Å². The summed E-state index contributed by atoms with van der Waals surface area (Å²) in [6.45, 7) is 1.67. The van der Waals surface area contributed by atoms with Crippen molar-refractivity contribution in [2.45, 2.75) is 0 Å². The second-order valence-electron chi connectivity index (χ2n) is 2.47. The highest BCUT2D eigenvalue weighted by molar-refractivity contribution is 5.52. The van der Waals surface area contributed by atoms with Gasteiger partial charge in [0.2, 0.25) is 0 Å². The summed E-state index contributed by atoms with van der Waals surface area (Å²) in [6, 6.07) is 0. The minimum Gasteiger partial charge on any atom is -0.367 e. The van der Waals surface area contributed by atoms with Crippen molar-refractivity contribution in [2.75, 3.05) is 39.5 Å². The summed E-state index contributed by atoms with van der Waals surface area (Å²) in [5, 5.41) is 10.2. The Hall–Kier alpha value is -0.820. The Balaban J connectivity index is 3.14. The maximum atomic E-state index is 9.18. The molecule has 0 unspecified atom stereocenters. The number of hydrogen-bond acceptors (Lipinski definition) is 4. The third-order valence-electron chi connectivity index (χ3n) is 1.37. The van der Waals surface area contributed by atoms with Crippen LogP contribution in [0.25, 0.3) is 0 Å². The zero-order valence-electron chi connectivity index (χ0n) is 8.00. The first-order valence-corrected chi connectivity index (χ1v) is 4.32. The normalized spacial score (nSPS) is 10.4. The highest BCUT2D eigenvalue weighted by Crippen LogP contribution is 1.83. The molecule has 0 bridgehead atoms. The molecule has 14 heavy (non-hydrogen) atoms. The van der Waals surface area contributed by atoms with Gasteiger partial charge in [0.05, 0.1) is 13.2 Å². The monoisotopic (exact) mass is 207 g/mol. The fourth-order valence-electron chi connectivity index (χ4n) is 0.724. The highest BCUT2D eigenvalue weighted by atomic mass is 16.5. The summed E-state index contributed by atoms with van der Waals surface area (Å²) in [5.41, 5.74) is 0. The zero-order valence-corrected chi connectivity index (χ0v) is 8.00. The number of ether oxygens (including phenoxy) is 2. The highest BCUT2D eigenvalue weighted by Gasteiger charge is 2.00. The quantitative estimate of drug-likeness (QED) is 0.217. The van der Waals surface area contributed by atoms with E-state index in [4.69, 9.17) is 19.1 Å². The van der Waals surface area contributed by atoms with E-state index < -0.39 is 0 Å². The van der Waals surface area contributed by atoms with Crippen LogP contribution in [0.4, 0.5) is 0 Å². The van der Waals surface area contributed by atoms with Crippen LogP contribution in [0.2, 0.25) is 0 Å². The lowest BCUT2D eigenvalue weighted by molar-refractivity contribution is -0.112. The van der Waals surface area contributed by atoms with Crippen molar-refractivity contribution in [1.82, 2.24) is 5.06 Å². The van der Waals surface area contributed by atoms with Gasteiger partial charge in [-0.25, -0.2) is 0 Å². The molecule has 0 rings (SSSR count). The van der Waals surface area contributed by atoms with E-state index >= 15 is 0 Å². The predicted molar refractivity (Wildman–Crippen MR) is 51.0 cm³/mol. The molecule has 0 heterocycles. The predicted octanol–water partition coefficient (Wildman–Crippen LogP) is -0.940. The van der Waals surface area contributed by atoms with Crippen LogP contribution in [0.1, 0.15) is 0 Å². The molecule has 0 amide bonds. The molecule has 0 aliphatic heterocycles. The fourth-order valence-corrected chi connectivity index (χ4v) is 0.724. The molecule has 0 aromatic heterocycles. The molecule has 0 aromatic carbocycles. The Morgan fingerprint density at radius 3 is 1.79 bits per heavy atom. The van der Waals surface area contributed by atoms with Gasteiger partial charge >= 0.3 is 12.6 Å². The maximum absolute atomic E-state index is 9.18. The van der Waals surface area contributed by atoms with E-state index in [0.717, 1.165) is 17.6 Å². The van der Waals surface area contributed by atoms with Gasteiger partial charge < -0.3 is 14.7 Å². The van der Waals surface area contributed by atoms with Crippen LogP contribution in [0.15, 0.2) is 0 Å². The number of hydrogen-bond donors (Lipinski definition) is 1. The van der Waals surface area contributed by atoms with E-state index in [9.17, 15) is 5.21 Å². The van der Waals surface area contributed by atoms with Crippen LogP contribution < -0.4 is 0 Å². The standard InChI is InChI=1S/C8H15NO5/c10-3-7-13-5-1-9(12)2-6-14-8-4-11/h3-4,12H,1-2,5-8H2/p+2. The van der Waals surface area contributed by atoms with Gasteiger partial charge in [0.1, 0.15) is 0 Å². The van der Waals surface area contributed by atoms with Gasteiger partial charge in [0.25, 0.3) is 0 Å². The first kappa shape index (κ1) is 13.2. The Labute approximate surface area is 82.4 Å². The van der Waals surface area contributed by atoms with E-state index in [1.54, 1.807) is 0 Å². The van der Waals surface area contributed by atoms with Gasteiger partial charge in [0, 0.05) is 13.1 Å². The molecule has 0 saturated heterocycles. The maximum Gasteiger partial charge on any atom is 0.307 e. The average Bonchev–Trinajstić information content (AvgIpc) is 2.19. The summed E-state index contributed by atoms with van der Waals surface area (Å²) < 4.78 is 9.77. The molecule has 0 aliphatic rings. The lowest BCUT2D eigenvalue weighted by Gasteiger charge is -2.13. The minimum atomic E-state index is 0.157. The molecule has 6 nitrogen and oxygen atoms in total. The summed E-state index contributed by atoms with van der Waals surface area (Å²) in [6.07, 6.45) is 1.81. The summed E-state index contributed by atoms with van der Waals surface area (Å²) in [4.78, 5) is 16.5. The molecular weight excluding hydrogens is 190 g/mol. The van der Waals surface area contributed by atoms with Crippen LogP contribution in [-0.4, -0.2) is 71.9 Å². The zero-order chi connectivity index (χ0) is 10.6. The Kier molecular flexibility index (Phi) is 9.66. The summed E-state index contributed by atoms with van der Waals surface area (Å²) >= 11 is 0. The topological polar surface area (TPSA) is 84.7 Å². The third kappa shape index (κ3) is 9.27. The van der Waals surface area contributed by atoms with Gasteiger partial charge in [-0.3, -0.25) is 9.59 Å². The molecule has 0 spiro atoms. The molecule has 0 saturated carbocycles. The Bertz CT molecular complexity index is 137. The molecule has 0 fully saturated rings. The third-order valence-corrected chi connectivity index (χ3v) is 1.37. The summed E-state index contributed by atoms with van der Waals surface area (Å²) in [5.74, 6) is 0. The van der Waals surface area contributed by atoms with Crippen LogP contribution in [0.5, 0.6) is 0 Å². The molecule has 6 heteroatoms. The average molecular weight is 207 g/mol. The van der Waals surface area contributed by atoms with Crippen molar-refractivity contribution >= 4 is 12.6 Å². The number of rotatable bonds is 10. The van der Waals surface area contributed by atoms with Gasteiger partial charge in [-0.1, -0.05) is 0 Å². The fraction of sp³-hybridized carbons (Fsp3) is 0.750. The molecule has 0 atom stereocenters. The number of carbonyl (C=O) groups excluding carboxylic acids is 2. The van der Waals surface area contributed by atoms with Crippen molar-refractivity contribution in [3.05, 3.63) is 0 Å². The van der Waals surface area contributed by atoms with Crippen LogP contribution in [0, 0.1) is 0 Å². The van der Waals surface area contributed by atoms with Crippen molar-refractivity contribution in [3.63, 3.8) is 0 Å². The molecular formula is C8H17NO5+2. The SMILES string of the molecule is ON(CCOCC=[OH+])CCOCC=[OH+]. The van der Waals surface area contributed by atoms with Gasteiger partial charge in [-0.05, 0) is 0 Å². The Morgan fingerprint density at radius 1 is 1.00 bits per heavy atom. The second-order valence-corrected chi connectivity index (χ2v) is 2.47. The van der Waals surface area contributed by atoms with Crippen LogP contribution in [-0.2, 0) is 9.47 Å². The Morgan fingerprint density at radius 2 is 1.43 bits per heavy atom. The van der Waals surface area contributed by atoms with Crippen molar-refractivity contribution in [2.24, 2.45) is 0 Å². The van der Waals surface area contributed by atoms with E-state index in [2.05, 4.69) is 0 Å². The molecule has 82 valence electrons. The summed E-state index contributed by atoms with van der Waals surface area (Å²) in [7, 11) is 0. The lowest BCUT2D eigenvalue weighted by atomic mass is 10.6. The molecule has 3 N–H and O–H groups in total. The van der Waals surface area contributed by atoms with Crippen LogP contribution in [0.3, 0.4) is 0 Å². The lowest BCUT2D eigenvalue weighted by Crippen LogP contribution is -2.28. The van der Waals surface area contributed by atoms with Crippen LogP contribution >= 0.6 is 0 Å². The van der Waals surface area contributed by atoms with E-state index in [-0.39, 0.29) is 13.2 Å². The van der Waals surface area contributed by atoms with E-state index in [1.807, 2.05) is 0 Å². The molecule has 0 radical (unpaired) electrons. The number of aldehydes is 2. The van der Waals surface area contributed by atoms with E-state index in [1.165, 1.54) is 0 Å². The smallest absolute Gasteiger partial charge is 0.307 e. The number of nitrogens with zero attached hydrogens (tertiary/aromatic N) is 1. The minimum absolute atomic E-state index is 0.157. The molecule has 0 aliphatic carbocycles. The first-order chi connectivity index (χ1) is 6.81. The van der Waals surface area contributed by atoms with Crippen molar-refractivity contribution in [3.8, 4) is 0 Å². The molecule has 0 aromatic rings. The van der Waals surface area contributed by atoms with Crippen molar-refractivity contribution in [1.29, 1.82) is 0 Å². The van der Waals surface area contributed by atoms with Gasteiger partial charge in [-0.2, -0.15) is 5.06 Å². The van der Waals surface area contributed by atoms with Crippen molar-refractivity contribution < 1.29 is 24.3 Å². The number of hydroxylamine groups is 2. The largest absolute Gasteiger partial charge is 0.367 e. The van der Waals surface area contributed by atoms with Gasteiger partial charge in [-0.15, -0.1) is 0 Å². The first-order valence-electron chi connectivity index (χ1n) is 4.32. The van der Waals surface area contributed by atoms with E-state index in [0.29, 0.717) is 26.3 Å². The second kappa shape index (κ2) is 10.3.